The van der Waals surface area contributed by atoms with Crippen LogP contribution in [0.4, 0.5) is 0 Å². The third-order valence-electron chi connectivity index (χ3n) is 2.92. The number of ether oxygens (including phenoxy) is 1. The molecule has 19 heavy (non-hydrogen) atoms. The second-order valence-electron chi connectivity index (χ2n) is 4.33. The van der Waals surface area contributed by atoms with Gasteiger partial charge in [-0.25, -0.2) is 0 Å². The molecule has 0 aliphatic carbocycles. The minimum Gasteiger partial charge on any atom is -0.508 e. The van der Waals surface area contributed by atoms with E-state index in [2.05, 4.69) is 0 Å². The summed E-state index contributed by atoms with van der Waals surface area (Å²) in [5, 5.41) is 18.6. The van der Waals surface area contributed by atoms with Crippen molar-refractivity contribution in [3.8, 4) is 17.2 Å². The highest BCUT2D eigenvalue weighted by Crippen LogP contribution is 2.22. The minimum absolute atomic E-state index is 0.0444. The van der Waals surface area contributed by atoms with E-state index in [0.717, 1.165) is 5.56 Å². The highest BCUT2D eigenvalue weighted by atomic mass is 16.5. The summed E-state index contributed by atoms with van der Waals surface area (Å²) in [5.74, 6) is 1.06. The standard InChI is InChI=1S/C15H17NO3/c16-9-12(11-4-6-13(17)7-5-11)10-19-15-3-1-2-14(18)8-15/h1-8,12,17-18H,9-10,16H2. The van der Waals surface area contributed by atoms with Crippen molar-refractivity contribution in [2.75, 3.05) is 13.2 Å². The van der Waals surface area contributed by atoms with Gasteiger partial charge in [0.05, 0.1) is 6.61 Å². The highest BCUT2D eigenvalue weighted by molar-refractivity contribution is 5.32. The van der Waals surface area contributed by atoms with Crippen molar-refractivity contribution in [2.45, 2.75) is 5.92 Å². The van der Waals surface area contributed by atoms with Gasteiger partial charge in [-0.1, -0.05) is 18.2 Å². The van der Waals surface area contributed by atoms with Gasteiger partial charge in [-0.2, -0.15) is 0 Å². The third-order valence-corrected chi connectivity index (χ3v) is 2.92. The molecule has 0 fully saturated rings. The number of hydrogen-bond acceptors (Lipinski definition) is 4. The van der Waals surface area contributed by atoms with Crippen LogP contribution in [0.25, 0.3) is 0 Å². The molecule has 0 aromatic heterocycles. The number of benzene rings is 2. The molecule has 2 rings (SSSR count). The molecule has 0 spiro atoms. The zero-order chi connectivity index (χ0) is 13.7. The van der Waals surface area contributed by atoms with Crippen LogP contribution in [-0.4, -0.2) is 23.4 Å². The maximum Gasteiger partial charge on any atom is 0.123 e. The summed E-state index contributed by atoms with van der Waals surface area (Å²) >= 11 is 0. The highest BCUT2D eigenvalue weighted by Gasteiger charge is 2.11. The van der Waals surface area contributed by atoms with Crippen LogP contribution in [0.1, 0.15) is 11.5 Å². The Kier molecular flexibility index (Phi) is 4.26. The Bertz CT molecular complexity index is 525. The fourth-order valence-corrected chi connectivity index (χ4v) is 1.82. The Labute approximate surface area is 112 Å². The van der Waals surface area contributed by atoms with E-state index in [1.165, 1.54) is 0 Å². The molecule has 0 heterocycles. The first-order chi connectivity index (χ1) is 9.19. The lowest BCUT2D eigenvalue weighted by molar-refractivity contribution is 0.289. The van der Waals surface area contributed by atoms with E-state index in [4.69, 9.17) is 10.5 Å². The van der Waals surface area contributed by atoms with Crippen LogP contribution >= 0.6 is 0 Å². The van der Waals surface area contributed by atoms with Crippen LogP contribution in [0.15, 0.2) is 48.5 Å². The molecule has 0 saturated heterocycles. The molecule has 1 atom stereocenters. The van der Waals surface area contributed by atoms with E-state index in [1.54, 1.807) is 36.4 Å². The van der Waals surface area contributed by atoms with Crippen LogP contribution in [0.2, 0.25) is 0 Å². The first-order valence-electron chi connectivity index (χ1n) is 6.10. The quantitative estimate of drug-likeness (QED) is 0.769. The predicted octanol–water partition coefficient (Wildman–Crippen LogP) is 2.22. The van der Waals surface area contributed by atoms with Crippen LogP contribution in [0, 0.1) is 0 Å². The maximum atomic E-state index is 9.35. The molecule has 4 nitrogen and oxygen atoms in total. The monoisotopic (exact) mass is 259 g/mol. The van der Waals surface area contributed by atoms with Crippen molar-refractivity contribution < 1.29 is 14.9 Å². The van der Waals surface area contributed by atoms with E-state index >= 15 is 0 Å². The maximum absolute atomic E-state index is 9.35. The van der Waals surface area contributed by atoms with Gasteiger partial charge in [0.1, 0.15) is 17.2 Å². The molecule has 0 aliphatic heterocycles. The predicted molar refractivity (Wildman–Crippen MR) is 73.5 cm³/mol. The van der Waals surface area contributed by atoms with Crippen molar-refractivity contribution in [1.29, 1.82) is 0 Å². The lowest BCUT2D eigenvalue weighted by atomic mass is 10.0. The minimum atomic E-state index is 0.0444. The molecule has 0 bridgehead atoms. The van der Waals surface area contributed by atoms with Crippen LogP contribution in [-0.2, 0) is 0 Å². The van der Waals surface area contributed by atoms with Crippen LogP contribution in [0.5, 0.6) is 17.2 Å². The summed E-state index contributed by atoms with van der Waals surface area (Å²) < 4.78 is 5.62. The molecule has 4 N–H and O–H groups in total. The normalized spacial score (nSPS) is 12.1. The van der Waals surface area contributed by atoms with Crippen molar-refractivity contribution in [1.82, 2.24) is 0 Å². The van der Waals surface area contributed by atoms with Crippen molar-refractivity contribution in [3.63, 3.8) is 0 Å². The average Bonchev–Trinajstić information content (AvgIpc) is 2.41. The van der Waals surface area contributed by atoms with E-state index in [-0.39, 0.29) is 17.4 Å². The molecule has 2 aromatic rings. The number of hydrogen-bond donors (Lipinski definition) is 3. The van der Waals surface area contributed by atoms with Crippen molar-refractivity contribution >= 4 is 0 Å². The summed E-state index contributed by atoms with van der Waals surface area (Å²) in [6.45, 7) is 0.869. The SMILES string of the molecule is NCC(COc1cccc(O)c1)c1ccc(O)cc1. The molecule has 1 unspecified atom stereocenters. The molecule has 100 valence electrons. The van der Waals surface area contributed by atoms with Gasteiger partial charge in [0, 0.05) is 18.5 Å². The summed E-state index contributed by atoms with van der Waals surface area (Å²) in [6, 6.07) is 13.6. The van der Waals surface area contributed by atoms with Crippen LogP contribution < -0.4 is 10.5 Å². The van der Waals surface area contributed by atoms with E-state index in [9.17, 15) is 10.2 Å². The number of aromatic hydroxyl groups is 2. The molecular weight excluding hydrogens is 242 g/mol. The third kappa shape index (κ3) is 3.63. The molecule has 2 aromatic carbocycles. The number of phenols is 2. The Morgan fingerprint density at radius 2 is 1.74 bits per heavy atom. The van der Waals surface area contributed by atoms with E-state index in [1.807, 2.05) is 12.1 Å². The largest absolute Gasteiger partial charge is 0.508 e. The van der Waals surface area contributed by atoms with Gasteiger partial charge in [0.25, 0.3) is 0 Å². The lowest BCUT2D eigenvalue weighted by Crippen LogP contribution is -2.19. The first-order valence-corrected chi connectivity index (χ1v) is 6.10. The fraction of sp³-hybridized carbons (Fsp3) is 0.200. The molecular formula is C15H17NO3. The second-order valence-corrected chi connectivity index (χ2v) is 4.33. The van der Waals surface area contributed by atoms with Crippen molar-refractivity contribution in [2.24, 2.45) is 5.73 Å². The zero-order valence-electron chi connectivity index (χ0n) is 10.5. The number of rotatable bonds is 5. The Morgan fingerprint density at radius 1 is 1.00 bits per heavy atom. The number of phenolic OH excluding ortho intramolecular Hbond substituents is 2. The topological polar surface area (TPSA) is 75.7 Å². The van der Waals surface area contributed by atoms with Gasteiger partial charge in [-0.3, -0.25) is 0 Å². The van der Waals surface area contributed by atoms with Gasteiger partial charge < -0.3 is 20.7 Å². The number of nitrogens with two attached hydrogens (primary N) is 1. The van der Waals surface area contributed by atoms with Gasteiger partial charge in [0.2, 0.25) is 0 Å². The Balaban J connectivity index is 2.01. The molecule has 0 amide bonds. The summed E-state index contributed by atoms with van der Waals surface area (Å²) in [5.41, 5.74) is 6.76. The summed E-state index contributed by atoms with van der Waals surface area (Å²) in [7, 11) is 0. The lowest BCUT2D eigenvalue weighted by Gasteiger charge is -2.16. The van der Waals surface area contributed by atoms with Gasteiger partial charge in [0.15, 0.2) is 0 Å². The summed E-state index contributed by atoms with van der Waals surface area (Å²) in [4.78, 5) is 0. The molecule has 0 radical (unpaired) electrons. The fourth-order valence-electron chi connectivity index (χ4n) is 1.82. The van der Waals surface area contributed by atoms with E-state index in [0.29, 0.717) is 18.9 Å². The first kappa shape index (κ1) is 13.2. The second kappa shape index (κ2) is 6.11. The zero-order valence-corrected chi connectivity index (χ0v) is 10.5. The van der Waals surface area contributed by atoms with Crippen molar-refractivity contribution in [3.05, 3.63) is 54.1 Å². The van der Waals surface area contributed by atoms with Crippen LogP contribution in [0.3, 0.4) is 0 Å². The average molecular weight is 259 g/mol. The molecule has 4 heteroatoms. The van der Waals surface area contributed by atoms with Gasteiger partial charge >= 0.3 is 0 Å². The van der Waals surface area contributed by atoms with E-state index < -0.39 is 0 Å². The smallest absolute Gasteiger partial charge is 0.123 e. The Hall–Kier alpha value is -2.20. The Morgan fingerprint density at radius 3 is 2.37 bits per heavy atom. The molecule has 0 saturated carbocycles. The molecule has 0 aliphatic rings. The van der Waals surface area contributed by atoms with Gasteiger partial charge in [-0.15, -0.1) is 0 Å². The van der Waals surface area contributed by atoms with Gasteiger partial charge in [-0.05, 0) is 29.8 Å². The summed E-state index contributed by atoms with van der Waals surface area (Å²) in [6.07, 6.45) is 0.